The second-order valence-electron chi connectivity index (χ2n) is 10.5. The number of aryl methyl sites for hydroxylation is 1. The maximum atomic E-state index is 13.9. The van der Waals surface area contributed by atoms with Crippen molar-refractivity contribution in [2.75, 3.05) is 31.6 Å². The van der Waals surface area contributed by atoms with Crippen molar-refractivity contribution in [2.45, 2.75) is 50.9 Å². The van der Waals surface area contributed by atoms with Gasteiger partial charge >= 0.3 is 12.1 Å². The van der Waals surface area contributed by atoms with Crippen LogP contribution in [0.4, 0.5) is 19.0 Å². The van der Waals surface area contributed by atoms with Crippen LogP contribution in [0.15, 0.2) is 59.7 Å². The molecule has 1 amide bonds. The van der Waals surface area contributed by atoms with Crippen molar-refractivity contribution in [3.8, 4) is 11.4 Å². The summed E-state index contributed by atoms with van der Waals surface area (Å²) in [6.45, 7) is 3.51. The number of para-hydroxylation sites is 1. The smallest absolute Gasteiger partial charge is 0.492 e. The predicted molar refractivity (Wildman–Crippen MR) is 151 cm³/mol. The molecule has 10 nitrogen and oxygen atoms in total. The number of carbonyl (C=O) groups is 2. The van der Waals surface area contributed by atoms with Gasteiger partial charge in [-0.25, -0.2) is 9.78 Å². The average Bonchev–Trinajstić information content (AvgIpc) is 3.71. The third-order valence-corrected chi connectivity index (χ3v) is 7.44. The Morgan fingerprint density at radius 2 is 1.91 bits per heavy atom. The highest BCUT2D eigenvalue weighted by Gasteiger charge is 2.46. The molecule has 0 spiro atoms. The van der Waals surface area contributed by atoms with Crippen molar-refractivity contribution in [1.82, 2.24) is 19.9 Å². The number of likely N-dealkylation sites (N-methyl/N-ethyl adjacent to an activating group) is 1. The van der Waals surface area contributed by atoms with E-state index in [1.807, 2.05) is 36.2 Å². The molecule has 2 heterocycles. The maximum absolute atomic E-state index is 13.9. The number of aromatic nitrogens is 2. The van der Waals surface area contributed by atoms with Crippen molar-refractivity contribution in [1.29, 1.82) is 0 Å². The second kappa shape index (κ2) is 12.5. The summed E-state index contributed by atoms with van der Waals surface area (Å²) >= 11 is 0. The summed E-state index contributed by atoms with van der Waals surface area (Å²) in [7, 11) is 1.85. The molecule has 1 unspecified atom stereocenters. The van der Waals surface area contributed by atoms with Gasteiger partial charge in [0.1, 0.15) is 12.4 Å². The number of halogens is 3. The maximum Gasteiger partial charge on any atom is 0.493 e. The Morgan fingerprint density at radius 3 is 2.63 bits per heavy atom. The fourth-order valence-electron chi connectivity index (χ4n) is 5.14. The van der Waals surface area contributed by atoms with Crippen molar-refractivity contribution < 1.29 is 32.3 Å². The molecule has 1 aliphatic carbocycles. The molecule has 0 radical (unpaired) electrons. The van der Waals surface area contributed by atoms with E-state index in [4.69, 9.17) is 4.74 Å². The van der Waals surface area contributed by atoms with Crippen molar-refractivity contribution >= 4 is 17.7 Å². The normalized spacial score (nSPS) is 16.7. The van der Waals surface area contributed by atoms with Crippen LogP contribution < -0.4 is 20.5 Å². The number of hydrogen-bond donors (Lipinski definition) is 1. The molecule has 5 rings (SSSR count). The molecule has 3 aromatic rings. The summed E-state index contributed by atoms with van der Waals surface area (Å²) < 4.78 is 46.0. The first-order valence-corrected chi connectivity index (χ1v) is 14.0. The molecule has 1 saturated carbocycles. The number of ether oxygens (including phenoxy) is 1. The van der Waals surface area contributed by atoms with Crippen LogP contribution in [0.2, 0.25) is 0 Å². The number of nitrogens with zero attached hydrogens (tertiary/aromatic N) is 4. The summed E-state index contributed by atoms with van der Waals surface area (Å²) in [6.07, 6.45) is 0.162. The average molecular weight is 600 g/mol. The van der Waals surface area contributed by atoms with Crippen LogP contribution >= 0.6 is 0 Å². The highest BCUT2D eigenvalue weighted by atomic mass is 19.4. The molecule has 2 aliphatic rings. The zero-order chi connectivity index (χ0) is 30.7. The van der Waals surface area contributed by atoms with Gasteiger partial charge in [-0.3, -0.25) is 14.2 Å². The number of carbonyl (C=O) groups excluding carboxylic acids is 2. The standard InChI is InChI=1S/C30H32F3N5O5/c1-19-9-10-20(27(39)38(21-11-12-21)43-29(41)30(31,32)33)18-24(19)37-16-13-35-26(28(37)40)36-15-5-7-23(36)22-6-3-4-8-25(22)42-17-14-34-2/h3-4,6,8-10,13,16,18,21,23,34H,5,7,11-12,14-15,17H2,1-2H3. The van der Waals surface area contributed by atoms with Crippen LogP contribution in [-0.4, -0.2) is 65.5 Å². The Hall–Kier alpha value is -4.39. The third kappa shape index (κ3) is 6.51. The molecular weight excluding hydrogens is 567 g/mol. The highest BCUT2D eigenvalue weighted by Crippen LogP contribution is 2.38. The molecule has 1 N–H and O–H groups in total. The third-order valence-electron chi connectivity index (χ3n) is 7.44. The Labute approximate surface area is 246 Å². The summed E-state index contributed by atoms with van der Waals surface area (Å²) in [5.74, 6) is -2.41. The van der Waals surface area contributed by atoms with E-state index in [9.17, 15) is 27.6 Å². The van der Waals surface area contributed by atoms with Crippen LogP contribution in [0, 0.1) is 6.92 Å². The largest absolute Gasteiger partial charge is 0.493 e. The highest BCUT2D eigenvalue weighted by molar-refractivity contribution is 5.95. The number of benzene rings is 2. The summed E-state index contributed by atoms with van der Waals surface area (Å²) in [6, 6.07) is 11.3. The van der Waals surface area contributed by atoms with Gasteiger partial charge in [-0.05, 0) is 63.4 Å². The van der Waals surface area contributed by atoms with E-state index in [1.165, 1.54) is 29.1 Å². The molecular formula is C30H32F3N5O5. The van der Waals surface area contributed by atoms with Gasteiger partial charge in [0.2, 0.25) is 0 Å². The Bertz CT molecular complexity index is 1560. The van der Waals surface area contributed by atoms with Crippen LogP contribution in [0.3, 0.4) is 0 Å². The molecule has 0 bridgehead atoms. The molecule has 43 heavy (non-hydrogen) atoms. The number of nitrogens with one attached hydrogen (secondary N) is 1. The lowest BCUT2D eigenvalue weighted by atomic mass is 10.0. The van der Waals surface area contributed by atoms with Gasteiger partial charge in [0.25, 0.3) is 11.5 Å². The lowest BCUT2D eigenvalue weighted by molar-refractivity contribution is -0.230. The minimum absolute atomic E-state index is 0.0283. The van der Waals surface area contributed by atoms with Gasteiger partial charge in [-0.15, -0.1) is 0 Å². The number of alkyl halides is 3. The molecule has 2 fully saturated rings. The summed E-state index contributed by atoms with van der Waals surface area (Å²) in [4.78, 5) is 49.5. The van der Waals surface area contributed by atoms with Crippen LogP contribution in [0.1, 0.15) is 53.2 Å². The van der Waals surface area contributed by atoms with Gasteiger partial charge in [-0.1, -0.05) is 24.3 Å². The molecule has 228 valence electrons. The minimum atomic E-state index is -5.25. The van der Waals surface area contributed by atoms with E-state index in [0.717, 1.165) is 24.2 Å². The number of anilines is 1. The minimum Gasteiger partial charge on any atom is -0.492 e. The van der Waals surface area contributed by atoms with Crippen molar-refractivity contribution in [2.24, 2.45) is 0 Å². The number of amides is 1. The van der Waals surface area contributed by atoms with Crippen LogP contribution in [0.25, 0.3) is 5.69 Å². The Morgan fingerprint density at radius 1 is 1.14 bits per heavy atom. The summed E-state index contributed by atoms with van der Waals surface area (Å²) in [5.41, 5.74) is 1.49. The zero-order valence-electron chi connectivity index (χ0n) is 23.8. The SMILES string of the molecule is CNCCOc1ccccc1C1CCCN1c1nccn(-c2cc(C(=O)N(OC(=O)C(F)(F)F)C3CC3)ccc2C)c1=O. The first-order chi connectivity index (χ1) is 20.6. The Kier molecular flexibility index (Phi) is 8.71. The molecule has 2 aromatic carbocycles. The molecule has 1 aromatic heterocycles. The van der Waals surface area contributed by atoms with E-state index in [2.05, 4.69) is 15.1 Å². The van der Waals surface area contributed by atoms with Gasteiger partial charge in [0.05, 0.1) is 17.8 Å². The molecule has 1 aliphatic heterocycles. The van der Waals surface area contributed by atoms with Gasteiger partial charge in [0.15, 0.2) is 5.82 Å². The number of rotatable bonds is 9. The van der Waals surface area contributed by atoms with E-state index < -0.39 is 29.7 Å². The lowest BCUT2D eigenvalue weighted by Crippen LogP contribution is -2.40. The number of hydroxylamine groups is 2. The fraction of sp³-hybridized carbons (Fsp3) is 0.400. The Balaban J connectivity index is 1.46. The zero-order valence-corrected chi connectivity index (χ0v) is 23.8. The topological polar surface area (TPSA) is 106 Å². The first kappa shape index (κ1) is 30.1. The van der Waals surface area contributed by atoms with Gasteiger partial charge < -0.3 is 19.8 Å². The van der Waals surface area contributed by atoms with Crippen molar-refractivity contribution in [3.63, 3.8) is 0 Å². The summed E-state index contributed by atoms with van der Waals surface area (Å²) in [5, 5.41) is 3.54. The van der Waals surface area contributed by atoms with Crippen LogP contribution in [-0.2, 0) is 9.63 Å². The number of hydrogen-bond acceptors (Lipinski definition) is 8. The quantitative estimate of drug-likeness (QED) is 0.290. The van der Waals surface area contributed by atoms with E-state index in [0.29, 0.717) is 48.9 Å². The van der Waals surface area contributed by atoms with E-state index in [-0.39, 0.29) is 17.4 Å². The van der Waals surface area contributed by atoms with Gasteiger partial charge in [-0.2, -0.15) is 18.2 Å². The van der Waals surface area contributed by atoms with Gasteiger partial charge in [0, 0.05) is 36.6 Å². The van der Waals surface area contributed by atoms with Crippen LogP contribution in [0.5, 0.6) is 5.75 Å². The lowest BCUT2D eigenvalue weighted by Gasteiger charge is -2.27. The predicted octanol–water partition coefficient (Wildman–Crippen LogP) is 4.11. The second-order valence-corrected chi connectivity index (χ2v) is 10.5. The van der Waals surface area contributed by atoms with E-state index in [1.54, 1.807) is 13.0 Å². The molecule has 1 saturated heterocycles. The van der Waals surface area contributed by atoms with E-state index >= 15 is 0 Å². The fourth-order valence-corrected chi connectivity index (χ4v) is 5.14. The monoisotopic (exact) mass is 599 g/mol. The molecule has 13 heteroatoms. The first-order valence-electron chi connectivity index (χ1n) is 14.0. The molecule has 1 atom stereocenters. The van der Waals surface area contributed by atoms with Crippen molar-refractivity contribution in [3.05, 3.63) is 81.9 Å².